The number of ketones is 1. The molecule has 7 rings (SSSR count). The summed E-state index contributed by atoms with van der Waals surface area (Å²) in [6.07, 6.45) is 9.46. The fourth-order valence-electron chi connectivity index (χ4n) is 12.7. The van der Waals surface area contributed by atoms with Gasteiger partial charge in [-0.2, -0.15) is 0 Å². The number of carboxylic acids is 1. The Morgan fingerprint density at radius 1 is 0.981 bits per heavy atom. The third-order valence-electron chi connectivity index (χ3n) is 15.6. The van der Waals surface area contributed by atoms with Crippen molar-refractivity contribution in [1.29, 1.82) is 0 Å². The molecule has 5 aliphatic carbocycles. The van der Waals surface area contributed by atoms with Gasteiger partial charge in [-0.1, -0.05) is 48.5 Å². The van der Waals surface area contributed by atoms with Gasteiger partial charge in [0.1, 0.15) is 11.8 Å². The van der Waals surface area contributed by atoms with Crippen LogP contribution in [0.15, 0.2) is 38.4 Å². The molecule has 4 saturated carbocycles. The zero-order valence-corrected chi connectivity index (χ0v) is 34.0. The fraction of sp³-hybridized carbons (Fsp3) is 0.714. The van der Waals surface area contributed by atoms with Crippen molar-refractivity contribution in [2.24, 2.45) is 50.7 Å². The lowest BCUT2D eigenvalue weighted by Crippen LogP contribution is -2.66. The Balaban J connectivity index is 1.20. The molecule has 1 N–H and O–H groups in total. The number of hydrogen-bond acceptors (Lipinski definition) is 8. The summed E-state index contributed by atoms with van der Waals surface area (Å²) in [7, 11) is 0. The number of nitrogens with zero attached hydrogens (tertiary/aromatic N) is 3. The van der Waals surface area contributed by atoms with E-state index in [2.05, 4.69) is 79.6 Å². The second kappa shape index (κ2) is 12.3. The molecule has 2 aromatic rings. The van der Waals surface area contributed by atoms with E-state index in [0.29, 0.717) is 35.7 Å². The van der Waals surface area contributed by atoms with Crippen LogP contribution in [-0.4, -0.2) is 44.1 Å². The number of ether oxygens (including phenoxy) is 1. The number of allylic oxidation sites excluding steroid dienone is 2. The molecule has 4 fully saturated rings. The van der Waals surface area contributed by atoms with Crippen molar-refractivity contribution in [3.63, 3.8) is 0 Å². The molecule has 5 aliphatic rings. The molecule has 0 radical (unpaired) electrons. The maximum absolute atomic E-state index is 14.1. The van der Waals surface area contributed by atoms with Crippen LogP contribution in [0.3, 0.4) is 0 Å². The number of carboxylic acid groups (broad SMARTS) is 1. The highest BCUT2D eigenvalue weighted by Crippen LogP contribution is 2.76. The Morgan fingerprint density at radius 3 is 2.37 bits per heavy atom. The number of pyridine rings is 1. The molecule has 0 saturated heterocycles. The van der Waals surface area contributed by atoms with Gasteiger partial charge in [0.2, 0.25) is 5.89 Å². The van der Waals surface area contributed by atoms with Crippen LogP contribution in [0.1, 0.15) is 132 Å². The average Bonchev–Trinajstić information content (AvgIpc) is 3.66. The van der Waals surface area contributed by atoms with Crippen molar-refractivity contribution >= 4 is 33.7 Å². The van der Waals surface area contributed by atoms with Gasteiger partial charge >= 0.3 is 11.9 Å². The molecule has 9 nitrogen and oxygen atoms in total. The van der Waals surface area contributed by atoms with Crippen LogP contribution in [0, 0.1) is 50.7 Å². The van der Waals surface area contributed by atoms with E-state index in [4.69, 9.17) is 9.15 Å². The van der Waals surface area contributed by atoms with Gasteiger partial charge < -0.3 is 14.3 Å². The third-order valence-corrected chi connectivity index (χ3v) is 16.1. The minimum Gasteiger partial charge on any atom is -0.481 e. The molecule has 0 spiro atoms. The summed E-state index contributed by atoms with van der Waals surface area (Å²) >= 11 is 3.46. The fourth-order valence-corrected chi connectivity index (χ4v) is 13.0. The van der Waals surface area contributed by atoms with Crippen LogP contribution in [0.4, 0.5) is 0 Å². The first kappa shape index (κ1) is 37.4. The quantitative estimate of drug-likeness (QED) is 0.273. The van der Waals surface area contributed by atoms with Crippen LogP contribution >= 0.6 is 15.9 Å². The SMILES string of the molecule is CC(C)C1=C2C3CCC4C5(C)CCC(OC(=O)CC(C)(C)C(=O)O)C(C)(C)C5CCC4(C)C3(C)CCC2(c2nnc(-c3ccc(Br)cn3)o2)CC1=O. The number of halogens is 1. The van der Waals surface area contributed by atoms with Crippen molar-refractivity contribution in [2.45, 2.75) is 138 Å². The molecule has 0 amide bonds. The van der Waals surface area contributed by atoms with Gasteiger partial charge in [0.15, 0.2) is 5.78 Å². The van der Waals surface area contributed by atoms with Gasteiger partial charge in [-0.3, -0.25) is 14.4 Å². The van der Waals surface area contributed by atoms with Crippen molar-refractivity contribution in [1.82, 2.24) is 15.2 Å². The number of Topliss-reactive ketones (excluding diaryl/α,β-unsaturated/α-hetero) is 1. The van der Waals surface area contributed by atoms with E-state index in [1.165, 1.54) is 5.57 Å². The summed E-state index contributed by atoms with van der Waals surface area (Å²) in [5.41, 5.74) is 0.933. The topological polar surface area (TPSA) is 132 Å². The smallest absolute Gasteiger partial charge is 0.309 e. The maximum atomic E-state index is 14.1. The van der Waals surface area contributed by atoms with E-state index >= 15 is 0 Å². The number of esters is 1. The lowest BCUT2D eigenvalue weighted by molar-refractivity contribution is -0.232. The van der Waals surface area contributed by atoms with Crippen molar-refractivity contribution in [3.05, 3.63) is 39.8 Å². The van der Waals surface area contributed by atoms with Gasteiger partial charge in [0.25, 0.3) is 5.89 Å². The Labute approximate surface area is 316 Å². The first-order chi connectivity index (χ1) is 24.2. The highest BCUT2D eigenvalue weighted by atomic mass is 79.9. The molecular formula is C42H56BrN3O6. The molecule has 0 aliphatic heterocycles. The molecular weight excluding hydrogens is 722 g/mol. The maximum Gasteiger partial charge on any atom is 0.309 e. The van der Waals surface area contributed by atoms with Crippen molar-refractivity contribution in [2.75, 3.05) is 0 Å². The highest BCUT2D eigenvalue weighted by molar-refractivity contribution is 9.10. The normalized spacial score (nSPS) is 36.9. The Bertz CT molecular complexity index is 1830. The molecule has 2 heterocycles. The van der Waals surface area contributed by atoms with E-state index < -0.39 is 22.8 Å². The summed E-state index contributed by atoms with van der Waals surface area (Å²) in [6.45, 7) is 19.6. The van der Waals surface area contributed by atoms with Crippen molar-refractivity contribution < 1.29 is 28.6 Å². The van der Waals surface area contributed by atoms with Crippen LogP contribution in [0.2, 0.25) is 0 Å². The summed E-state index contributed by atoms with van der Waals surface area (Å²) < 4.78 is 13.5. The minimum atomic E-state index is -1.17. The van der Waals surface area contributed by atoms with Crippen LogP contribution in [0.5, 0.6) is 0 Å². The van der Waals surface area contributed by atoms with Crippen LogP contribution in [-0.2, 0) is 24.5 Å². The number of rotatable bonds is 7. The summed E-state index contributed by atoms with van der Waals surface area (Å²) in [4.78, 5) is 43.5. The van der Waals surface area contributed by atoms with Gasteiger partial charge in [0, 0.05) is 22.5 Å². The Hall–Kier alpha value is -2.88. The number of carbonyl (C=O) groups is 3. The predicted molar refractivity (Wildman–Crippen MR) is 200 cm³/mol. The lowest BCUT2D eigenvalue weighted by Gasteiger charge is -2.72. The van der Waals surface area contributed by atoms with Crippen LogP contribution in [0.25, 0.3) is 11.6 Å². The first-order valence-electron chi connectivity index (χ1n) is 19.4. The Morgan fingerprint density at radius 2 is 1.71 bits per heavy atom. The number of carbonyl (C=O) groups excluding carboxylic acids is 2. The molecule has 0 bridgehead atoms. The van der Waals surface area contributed by atoms with E-state index in [9.17, 15) is 19.5 Å². The standard InChI is InChI=1S/C42H56BrN3O6/c1-23(2)32-27(47)20-42(35-46-45-34(52-35)26-12-10-24(43)22-44-26)19-18-40(8)25(33(32)42)11-13-29-39(7)16-15-30(51-31(48)21-37(3,4)36(49)50)38(5,6)28(39)14-17-41(29,40)9/h10,12,22-23,25,28-30H,11,13-21H2,1-9H3,(H,49,50). The van der Waals surface area contributed by atoms with Gasteiger partial charge in [-0.05, 0) is 144 Å². The third kappa shape index (κ3) is 5.33. The first-order valence-corrected chi connectivity index (χ1v) is 20.2. The van der Waals surface area contributed by atoms with Gasteiger partial charge in [-0.15, -0.1) is 10.2 Å². The molecule has 8 unspecified atom stereocenters. The van der Waals surface area contributed by atoms with Crippen LogP contribution < -0.4 is 0 Å². The van der Waals surface area contributed by atoms with Gasteiger partial charge in [-0.25, -0.2) is 4.98 Å². The zero-order valence-electron chi connectivity index (χ0n) is 32.4. The second-order valence-corrected chi connectivity index (χ2v) is 20.2. The average molecular weight is 779 g/mol. The highest BCUT2D eigenvalue weighted by Gasteiger charge is 2.71. The molecule has 8 atom stereocenters. The van der Waals surface area contributed by atoms with E-state index in [1.807, 2.05) is 12.1 Å². The molecule has 0 aromatic carbocycles. The molecule has 52 heavy (non-hydrogen) atoms. The van der Waals surface area contributed by atoms with E-state index in [0.717, 1.165) is 61.4 Å². The number of fused-ring (bicyclic) bond motifs is 7. The Kier molecular flexibility index (Phi) is 8.87. The largest absolute Gasteiger partial charge is 0.481 e. The van der Waals surface area contributed by atoms with E-state index in [-0.39, 0.29) is 51.8 Å². The number of aliphatic carboxylic acids is 1. The number of aromatic nitrogens is 3. The van der Waals surface area contributed by atoms with Crippen molar-refractivity contribution in [3.8, 4) is 11.6 Å². The summed E-state index contributed by atoms with van der Waals surface area (Å²) in [6, 6.07) is 3.78. The lowest BCUT2D eigenvalue weighted by atomic mass is 9.33. The van der Waals surface area contributed by atoms with E-state index in [1.54, 1.807) is 20.0 Å². The number of hydrogen-bond donors (Lipinski definition) is 1. The van der Waals surface area contributed by atoms with Gasteiger partial charge in [0.05, 0.1) is 17.3 Å². The zero-order chi connectivity index (χ0) is 37.8. The summed E-state index contributed by atoms with van der Waals surface area (Å²) in [5, 5.41) is 18.8. The minimum absolute atomic E-state index is 0.0283. The molecule has 10 heteroatoms. The molecule has 2 aromatic heterocycles. The molecule has 282 valence electrons. The monoisotopic (exact) mass is 777 g/mol. The second-order valence-electron chi connectivity index (χ2n) is 19.3. The summed E-state index contributed by atoms with van der Waals surface area (Å²) in [5.74, 6) is 0.917. The predicted octanol–water partition coefficient (Wildman–Crippen LogP) is 9.54.